The van der Waals surface area contributed by atoms with E-state index >= 15 is 0 Å². The van der Waals surface area contributed by atoms with Crippen molar-refractivity contribution in [3.63, 3.8) is 0 Å². The van der Waals surface area contributed by atoms with E-state index in [1.807, 2.05) is 18.3 Å². The third-order valence-electron chi connectivity index (χ3n) is 4.41. The van der Waals surface area contributed by atoms with Gasteiger partial charge < -0.3 is 20.3 Å². The molecule has 1 aliphatic rings. The summed E-state index contributed by atoms with van der Waals surface area (Å²) in [6, 6.07) is 10.6. The largest absolute Gasteiger partial charge is 0.375 e. The highest BCUT2D eigenvalue weighted by Crippen LogP contribution is 2.15. The highest BCUT2D eigenvalue weighted by Gasteiger charge is 2.17. The fourth-order valence-corrected chi connectivity index (χ4v) is 2.97. The maximum Gasteiger partial charge on any atom is 0.191 e. The van der Waals surface area contributed by atoms with Gasteiger partial charge in [0, 0.05) is 39.4 Å². The number of ether oxygens (including phenoxy) is 1. The fraction of sp³-hybridized carbons (Fsp3) is 0.400. The third-order valence-corrected chi connectivity index (χ3v) is 4.41. The van der Waals surface area contributed by atoms with E-state index in [1.165, 1.54) is 12.1 Å². The topological polar surface area (TPSA) is 61.8 Å². The summed E-state index contributed by atoms with van der Waals surface area (Å²) in [6.45, 7) is 5.65. The van der Waals surface area contributed by atoms with Crippen LogP contribution in [0.2, 0.25) is 0 Å². The lowest BCUT2D eigenvalue weighted by atomic mass is 10.2. The van der Waals surface area contributed by atoms with Gasteiger partial charge in [0.05, 0.1) is 12.7 Å². The molecular weight excluding hydrogens is 472 g/mol. The number of anilines is 1. The first-order chi connectivity index (χ1) is 13.1. The second-order valence-corrected chi connectivity index (χ2v) is 6.56. The van der Waals surface area contributed by atoms with Crippen LogP contribution in [0.25, 0.3) is 0 Å². The molecule has 2 N–H and O–H groups in total. The van der Waals surface area contributed by atoms with Crippen molar-refractivity contribution in [1.29, 1.82) is 0 Å². The second-order valence-electron chi connectivity index (χ2n) is 6.56. The summed E-state index contributed by atoms with van der Waals surface area (Å²) in [7, 11) is 1.71. The predicted octanol–water partition coefficient (Wildman–Crippen LogP) is 2.93. The molecule has 8 heteroatoms. The van der Waals surface area contributed by atoms with Crippen molar-refractivity contribution >= 4 is 35.8 Å². The summed E-state index contributed by atoms with van der Waals surface area (Å²) < 4.78 is 18.8. The Morgan fingerprint density at radius 3 is 2.68 bits per heavy atom. The number of halogens is 2. The maximum atomic E-state index is 13.2. The quantitative estimate of drug-likeness (QED) is 0.377. The Hall–Kier alpha value is -1.94. The van der Waals surface area contributed by atoms with Crippen LogP contribution in [0.15, 0.2) is 47.6 Å². The van der Waals surface area contributed by atoms with Gasteiger partial charge in [0.1, 0.15) is 11.6 Å². The summed E-state index contributed by atoms with van der Waals surface area (Å²) in [5.41, 5.74) is 1.93. The minimum atomic E-state index is -0.238. The third kappa shape index (κ3) is 6.59. The minimum absolute atomic E-state index is 0. The minimum Gasteiger partial charge on any atom is -0.375 e. The molecule has 1 saturated heterocycles. The highest BCUT2D eigenvalue weighted by atomic mass is 127. The maximum absolute atomic E-state index is 13.2. The SMILES string of the molecule is CN=C(NCc1ccc(N2CCOC(C)C2)nc1)NCc1cccc(F)c1.I. The van der Waals surface area contributed by atoms with Crippen molar-refractivity contribution in [2.24, 2.45) is 4.99 Å². The first-order valence-electron chi connectivity index (χ1n) is 9.14. The van der Waals surface area contributed by atoms with Crippen LogP contribution in [0.1, 0.15) is 18.1 Å². The molecular formula is C20H27FIN5O. The van der Waals surface area contributed by atoms with Gasteiger partial charge in [-0.15, -0.1) is 24.0 Å². The van der Waals surface area contributed by atoms with Gasteiger partial charge in [-0.1, -0.05) is 18.2 Å². The molecule has 0 radical (unpaired) electrons. The molecule has 0 aliphatic carbocycles. The van der Waals surface area contributed by atoms with Crippen LogP contribution in [0.5, 0.6) is 0 Å². The van der Waals surface area contributed by atoms with Crippen molar-refractivity contribution in [2.75, 3.05) is 31.6 Å². The normalized spacial score (nSPS) is 17.0. The Morgan fingerprint density at radius 2 is 2.04 bits per heavy atom. The van der Waals surface area contributed by atoms with Crippen LogP contribution in [-0.2, 0) is 17.8 Å². The number of nitrogens with zero attached hydrogens (tertiary/aromatic N) is 3. The fourth-order valence-electron chi connectivity index (χ4n) is 2.97. The number of aliphatic imine (C=N–C) groups is 1. The zero-order valence-electron chi connectivity index (χ0n) is 16.2. The predicted molar refractivity (Wildman–Crippen MR) is 121 cm³/mol. The molecule has 0 amide bonds. The van der Waals surface area contributed by atoms with Crippen molar-refractivity contribution in [3.8, 4) is 0 Å². The first-order valence-corrected chi connectivity index (χ1v) is 9.14. The average Bonchev–Trinajstić information content (AvgIpc) is 2.69. The van der Waals surface area contributed by atoms with Gasteiger partial charge in [-0.2, -0.15) is 0 Å². The Kier molecular flexibility index (Phi) is 8.91. The summed E-state index contributed by atoms with van der Waals surface area (Å²) in [5, 5.41) is 6.43. The lowest BCUT2D eigenvalue weighted by Gasteiger charge is -2.32. The van der Waals surface area contributed by atoms with Gasteiger partial charge in [-0.3, -0.25) is 4.99 Å². The van der Waals surface area contributed by atoms with Crippen molar-refractivity contribution in [1.82, 2.24) is 15.6 Å². The van der Waals surface area contributed by atoms with Gasteiger partial charge >= 0.3 is 0 Å². The van der Waals surface area contributed by atoms with Gasteiger partial charge in [-0.05, 0) is 36.2 Å². The van der Waals surface area contributed by atoms with Crippen LogP contribution in [0, 0.1) is 5.82 Å². The molecule has 1 aromatic carbocycles. The van der Waals surface area contributed by atoms with Crippen molar-refractivity contribution in [2.45, 2.75) is 26.1 Å². The van der Waals surface area contributed by atoms with E-state index in [4.69, 9.17) is 4.74 Å². The van der Waals surface area contributed by atoms with E-state index in [0.717, 1.165) is 36.6 Å². The molecule has 1 aromatic heterocycles. The molecule has 3 rings (SSSR count). The summed E-state index contributed by atoms with van der Waals surface area (Å²) in [4.78, 5) is 11.0. The molecule has 2 heterocycles. The van der Waals surface area contributed by atoms with Gasteiger partial charge in [0.15, 0.2) is 5.96 Å². The zero-order valence-corrected chi connectivity index (χ0v) is 18.5. The molecule has 6 nitrogen and oxygen atoms in total. The molecule has 1 atom stereocenters. The number of hydrogen-bond donors (Lipinski definition) is 2. The first kappa shape index (κ1) is 22.4. The molecule has 0 bridgehead atoms. The van der Waals surface area contributed by atoms with Gasteiger partial charge in [0.2, 0.25) is 0 Å². The monoisotopic (exact) mass is 499 g/mol. The van der Waals surface area contributed by atoms with Crippen LogP contribution in [-0.4, -0.2) is 43.8 Å². The average molecular weight is 499 g/mol. The Balaban J connectivity index is 0.00000280. The summed E-state index contributed by atoms with van der Waals surface area (Å²) in [6.07, 6.45) is 2.11. The number of guanidine groups is 1. The lowest BCUT2D eigenvalue weighted by molar-refractivity contribution is 0.0529. The van der Waals surface area contributed by atoms with Crippen LogP contribution >= 0.6 is 24.0 Å². The molecule has 152 valence electrons. The Labute approximate surface area is 182 Å². The number of nitrogens with one attached hydrogen (secondary N) is 2. The molecule has 2 aromatic rings. The highest BCUT2D eigenvalue weighted by molar-refractivity contribution is 14.0. The van der Waals surface area contributed by atoms with Gasteiger partial charge in [0.25, 0.3) is 0 Å². The molecule has 1 unspecified atom stereocenters. The van der Waals surface area contributed by atoms with E-state index < -0.39 is 0 Å². The number of hydrogen-bond acceptors (Lipinski definition) is 4. The number of pyridine rings is 1. The van der Waals surface area contributed by atoms with Crippen LogP contribution in [0.4, 0.5) is 10.2 Å². The molecule has 1 fully saturated rings. The molecule has 0 spiro atoms. The van der Waals surface area contributed by atoms with Crippen molar-refractivity contribution in [3.05, 3.63) is 59.5 Å². The van der Waals surface area contributed by atoms with Crippen molar-refractivity contribution < 1.29 is 9.13 Å². The smallest absolute Gasteiger partial charge is 0.191 e. The molecule has 0 saturated carbocycles. The molecule has 28 heavy (non-hydrogen) atoms. The summed E-state index contributed by atoms with van der Waals surface area (Å²) in [5.74, 6) is 1.39. The van der Waals surface area contributed by atoms with Crippen LogP contribution < -0.4 is 15.5 Å². The van der Waals surface area contributed by atoms with E-state index in [9.17, 15) is 4.39 Å². The van der Waals surface area contributed by atoms with E-state index in [-0.39, 0.29) is 35.9 Å². The van der Waals surface area contributed by atoms with Gasteiger partial charge in [-0.25, -0.2) is 9.37 Å². The zero-order chi connectivity index (χ0) is 19.1. The van der Waals surface area contributed by atoms with E-state index in [2.05, 4.69) is 38.5 Å². The number of rotatable bonds is 5. The molecule has 1 aliphatic heterocycles. The number of benzene rings is 1. The standard InChI is InChI=1S/C20H26FN5O.HI/c1-15-14-26(8-9-27-15)19-7-6-17(12-23-19)13-25-20(22-2)24-11-16-4-3-5-18(21)10-16;/h3-7,10,12,15H,8-9,11,13-14H2,1-2H3,(H2,22,24,25);1H. The van der Waals surface area contributed by atoms with E-state index in [1.54, 1.807) is 13.1 Å². The number of morpholine rings is 1. The summed E-state index contributed by atoms with van der Waals surface area (Å²) >= 11 is 0. The Bertz CT molecular complexity index is 771. The van der Waals surface area contributed by atoms with Crippen LogP contribution in [0.3, 0.4) is 0 Å². The Morgan fingerprint density at radius 1 is 1.25 bits per heavy atom. The second kappa shape index (κ2) is 11.2. The lowest BCUT2D eigenvalue weighted by Crippen LogP contribution is -2.41. The number of aromatic nitrogens is 1. The van der Waals surface area contributed by atoms with E-state index in [0.29, 0.717) is 19.0 Å².